The zero-order chi connectivity index (χ0) is 14.3. The van der Waals surface area contributed by atoms with E-state index in [2.05, 4.69) is 6.92 Å². The van der Waals surface area contributed by atoms with Crippen molar-refractivity contribution < 1.29 is 13.2 Å². The Morgan fingerprint density at radius 2 is 1.47 bits per heavy atom. The van der Waals surface area contributed by atoms with Gasteiger partial charge in [0.1, 0.15) is 0 Å². The molecule has 0 bridgehead atoms. The molecule has 0 nitrogen and oxygen atoms in total. The fourth-order valence-electron chi connectivity index (χ4n) is 2.41. The molecule has 0 saturated carbocycles. The standard InChI is InChI=1S/C16H23F3/c1-3-5-6-7-8-9-12(4-2)13-10-14(17)16(19)15(18)11-13/h10-12H,3-9H2,1-2H3. The summed E-state index contributed by atoms with van der Waals surface area (Å²) in [6.45, 7) is 4.16. The van der Waals surface area contributed by atoms with Crippen molar-refractivity contribution in [3.05, 3.63) is 35.1 Å². The summed E-state index contributed by atoms with van der Waals surface area (Å²) in [5.41, 5.74) is 0.578. The average molecular weight is 272 g/mol. The average Bonchev–Trinajstić information content (AvgIpc) is 2.39. The van der Waals surface area contributed by atoms with Crippen LogP contribution in [0.1, 0.15) is 70.3 Å². The van der Waals surface area contributed by atoms with E-state index in [4.69, 9.17) is 0 Å². The van der Waals surface area contributed by atoms with E-state index in [1.165, 1.54) is 19.3 Å². The molecule has 0 aliphatic heterocycles. The second-order valence-corrected chi connectivity index (χ2v) is 5.11. The van der Waals surface area contributed by atoms with Gasteiger partial charge >= 0.3 is 0 Å². The summed E-state index contributed by atoms with van der Waals surface area (Å²) in [4.78, 5) is 0. The van der Waals surface area contributed by atoms with Crippen LogP contribution >= 0.6 is 0 Å². The highest BCUT2D eigenvalue weighted by atomic mass is 19.2. The highest BCUT2D eigenvalue weighted by molar-refractivity contribution is 5.23. The van der Waals surface area contributed by atoms with Crippen molar-refractivity contribution in [2.45, 2.75) is 64.7 Å². The van der Waals surface area contributed by atoms with E-state index < -0.39 is 17.5 Å². The van der Waals surface area contributed by atoms with Crippen molar-refractivity contribution in [1.82, 2.24) is 0 Å². The third-order valence-electron chi connectivity index (χ3n) is 3.63. The van der Waals surface area contributed by atoms with Crippen LogP contribution in [0, 0.1) is 17.5 Å². The Balaban J connectivity index is 2.59. The molecule has 1 unspecified atom stereocenters. The van der Waals surface area contributed by atoms with Crippen molar-refractivity contribution in [3.8, 4) is 0 Å². The highest BCUT2D eigenvalue weighted by Crippen LogP contribution is 2.28. The molecule has 0 aromatic heterocycles. The van der Waals surface area contributed by atoms with E-state index in [0.29, 0.717) is 5.56 Å². The molecule has 1 rings (SSSR count). The first kappa shape index (κ1) is 16.1. The van der Waals surface area contributed by atoms with Gasteiger partial charge in [-0.2, -0.15) is 0 Å². The number of rotatable bonds is 8. The number of hydrogen-bond acceptors (Lipinski definition) is 0. The van der Waals surface area contributed by atoms with Crippen LogP contribution in [-0.4, -0.2) is 0 Å². The number of hydrogen-bond donors (Lipinski definition) is 0. The Bertz CT molecular complexity index is 365. The second-order valence-electron chi connectivity index (χ2n) is 5.11. The van der Waals surface area contributed by atoms with E-state index in [0.717, 1.165) is 37.8 Å². The van der Waals surface area contributed by atoms with Gasteiger partial charge in [-0.1, -0.05) is 46.0 Å². The summed E-state index contributed by atoms with van der Waals surface area (Å²) in [6.07, 6.45) is 7.57. The quantitative estimate of drug-likeness (QED) is 0.404. The first-order valence-corrected chi connectivity index (χ1v) is 7.24. The van der Waals surface area contributed by atoms with Gasteiger partial charge in [0.2, 0.25) is 0 Å². The van der Waals surface area contributed by atoms with E-state index in [1.807, 2.05) is 6.92 Å². The summed E-state index contributed by atoms with van der Waals surface area (Å²) in [7, 11) is 0. The smallest absolute Gasteiger partial charge is 0.194 e. The molecular weight excluding hydrogens is 249 g/mol. The molecule has 0 aliphatic rings. The zero-order valence-corrected chi connectivity index (χ0v) is 11.8. The Hall–Kier alpha value is -0.990. The van der Waals surface area contributed by atoms with Crippen molar-refractivity contribution in [2.24, 2.45) is 0 Å². The number of halogens is 3. The lowest BCUT2D eigenvalue weighted by Gasteiger charge is -2.15. The first-order chi connectivity index (χ1) is 9.10. The third kappa shape index (κ3) is 4.88. The Morgan fingerprint density at radius 3 is 2.00 bits per heavy atom. The molecule has 0 N–H and O–H groups in total. The first-order valence-electron chi connectivity index (χ1n) is 7.24. The SMILES string of the molecule is CCCCCCCC(CC)c1cc(F)c(F)c(F)c1. The lowest BCUT2D eigenvalue weighted by Crippen LogP contribution is -2.02. The molecule has 0 spiro atoms. The summed E-state index contributed by atoms with van der Waals surface area (Å²) in [5, 5.41) is 0. The van der Waals surface area contributed by atoms with Gasteiger partial charge in [-0.25, -0.2) is 13.2 Å². The molecule has 0 amide bonds. The summed E-state index contributed by atoms with van der Waals surface area (Å²) in [6, 6.07) is 2.28. The maximum absolute atomic E-state index is 13.2. The van der Waals surface area contributed by atoms with Gasteiger partial charge in [0.15, 0.2) is 17.5 Å². The van der Waals surface area contributed by atoms with Crippen molar-refractivity contribution in [1.29, 1.82) is 0 Å². The molecule has 1 atom stereocenters. The van der Waals surface area contributed by atoms with Crippen molar-refractivity contribution in [3.63, 3.8) is 0 Å². The fraction of sp³-hybridized carbons (Fsp3) is 0.625. The molecule has 0 heterocycles. The molecule has 108 valence electrons. The Morgan fingerprint density at radius 1 is 0.895 bits per heavy atom. The summed E-state index contributed by atoms with van der Waals surface area (Å²) in [5.74, 6) is -3.42. The minimum Gasteiger partial charge on any atom is -0.204 e. The zero-order valence-electron chi connectivity index (χ0n) is 11.8. The number of benzene rings is 1. The normalized spacial score (nSPS) is 12.7. The van der Waals surface area contributed by atoms with Crippen LogP contribution in [0.2, 0.25) is 0 Å². The van der Waals surface area contributed by atoms with Gasteiger partial charge in [-0.05, 0) is 36.5 Å². The molecular formula is C16H23F3. The van der Waals surface area contributed by atoms with Gasteiger partial charge in [-0.15, -0.1) is 0 Å². The maximum atomic E-state index is 13.2. The minimum atomic E-state index is -1.37. The van der Waals surface area contributed by atoms with Crippen LogP contribution in [0.5, 0.6) is 0 Å². The fourth-order valence-corrected chi connectivity index (χ4v) is 2.41. The molecule has 3 heteroatoms. The van der Waals surface area contributed by atoms with Crippen LogP contribution in [0.15, 0.2) is 12.1 Å². The maximum Gasteiger partial charge on any atom is 0.194 e. The second kappa shape index (κ2) is 8.23. The van der Waals surface area contributed by atoms with Crippen LogP contribution in [0.3, 0.4) is 0 Å². The largest absolute Gasteiger partial charge is 0.204 e. The molecule has 1 aromatic rings. The van der Waals surface area contributed by atoms with Gasteiger partial charge in [0.05, 0.1) is 0 Å². The van der Waals surface area contributed by atoms with Crippen LogP contribution in [-0.2, 0) is 0 Å². The minimum absolute atomic E-state index is 0.117. The van der Waals surface area contributed by atoms with E-state index >= 15 is 0 Å². The lowest BCUT2D eigenvalue weighted by molar-refractivity contribution is 0.440. The summed E-state index contributed by atoms with van der Waals surface area (Å²) >= 11 is 0. The predicted octanol–water partition coefficient (Wildman–Crippen LogP) is 5.96. The number of unbranched alkanes of at least 4 members (excludes halogenated alkanes) is 4. The van der Waals surface area contributed by atoms with Crippen molar-refractivity contribution >= 4 is 0 Å². The highest BCUT2D eigenvalue weighted by Gasteiger charge is 2.16. The predicted molar refractivity (Wildman–Crippen MR) is 72.7 cm³/mol. The van der Waals surface area contributed by atoms with Gasteiger partial charge in [0.25, 0.3) is 0 Å². The van der Waals surface area contributed by atoms with Crippen LogP contribution in [0.4, 0.5) is 13.2 Å². The molecule has 19 heavy (non-hydrogen) atoms. The third-order valence-corrected chi connectivity index (χ3v) is 3.63. The van der Waals surface area contributed by atoms with E-state index in [9.17, 15) is 13.2 Å². The molecule has 1 aromatic carbocycles. The lowest BCUT2D eigenvalue weighted by atomic mass is 9.90. The van der Waals surface area contributed by atoms with Gasteiger partial charge in [0, 0.05) is 0 Å². The van der Waals surface area contributed by atoms with Crippen LogP contribution < -0.4 is 0 Å². The Kier molecular flexibility index (Phi) is 6.96. The molecule has 0 aliphatic carbocycles. The Labute approximate surface area is 114 Å². The molecule has 0 fully saturated rings. The molecule has 0 saturated heterocycles. The van der Waals surface area contributed by atoms with Gasteiger partial charge in [-0.3, -0.25) is 0 Å². The monoisotopic (exact) mass is 272 g/mol. The van der Waals surface area contributed by atoms with E-state index in [-0.39, 0.29) is 5.92 Å². The van der Waals surface area contributed by atoms with Gasteiger partial charge < -0.3 is 0 Å². The summed E-state index contributed by atoms with van der Waals surface area (Å²) < 4.78 is 39.3. The topological polar surface area (TPSA) is 0 Å². The molecule has 0 radical (unpaired) electrons. The van der Waals surface area contributed by atoms with Crippen LogP contribution in [0.25, 0.3) is 0 Å². The van der Waals surface area contributed by atoms with Crippen molar-refractivity contribution in [2.75, 3.05) is 0 Å². The van der Waals surface area contributed by atoms with E-state index in [1.54, 1.807) is 0 Å².